The Balaban J connectivity index is 1.39. The third kappa shape index (κ3) is 4.59. The van der Waals surface area contributed by atoms with E-state index in [9.17, 15) is 9.90 Å². The highest BCUT2D eigenvalue weighted by atomic mass is 32.1. The molecule has 1 aromatic heterocycles. The maximum atomic E-state index is 11.9. The van der Waals surface area contributed by atoms with Crippen molar-refractivity contribution in [2.45, 2.75) is 18.9 Å². The number of aliphatic hydroxyl groups excluding tert-OH is 1. The second-order valence-corrected chi connectivity index (χ2v) is 6.73. The number of hydrogen-bond acceptors (Lipinski definition) is 6. The molecule has 1 amide bonds. The van der Waals surface area contributed by atoms with Gasteiger partial charge in [0.15, 0.2) is 5.69 Å². The third-order valence-electron chi connectivity index (χ3n) is 4.47. The van der Waals surface area contributed by atoms with E-state index in [2.05, 4.69) is 19.0 Å². The first-order valence-corrected chi connectivity index (χ1v) is 8.96. The number of aliphatic hydroxyl groups is 1. The van der Waals surface area contributed by atoms with Gasteiger partial charge in [-0.25, -0.2) is 0 Å². The Labute approximate surface area is 145 Å². The van der Waals surface area contributed by atoms with Crippen LogP contribution in [0.25, 0.3) is 0 Å². The molecule has 0 saturated carbocycles. The molecule has 1 fully saturated rings. The molecule has 128 valence electrons. The molecule has 1 aromatic carbocycles. The molecule has 24 heavy (non-hydrogen) atoms. The van der Waals surface area contributed by atoms with E-state index in [1.54, 1.807) is 0 Å². The van der Waals surface area contributed by atoms with Gasteiger partial charge >= 0.3 is 0 Å². The predicted octanol–water partition coefficient (Wildman–Crippen LogP) is 1.71. The van der Waals surface area contributed by atoms with Crippen LogP contribution in [0.4, 0.5) is 0 Å². The molecule has 2 heterocycles. The minimum atomic E-state index is -0.445. The van der Waals surface area contributed by atoms with Gasteiger partial charge in [0.25, 0.3) is 5.91 Å². The summed E-state index contributed by atoms with van der Waals surface area (Å²) in [6.45, 7) is 3.23. The lowest BCUT2D eigenvalue weighted by molar-refractivity contribution is 0.0850. The van der Waals surface area contributed by atoms with E-state index in [-0.39, 0.29) is 5.91 Å². The van der Waals surface area contributed by atoms with Crippen molar-refractivity contribution in [3.05, 3.63) is 47.8 Å². The Bertz CT molecular complexity index is 627. The number of rotatable bonds is 6. The number of β-amino-alcohol motifs (C(OH)–C–C–N with tert-alkyl or cyclic N) is 1. The second kappa shape index (κ2) is 8.32. The van der Waals surface area contributed by atoms with Crippen LogP contribution in [0, 0.1) is 5.92 Å². The number of benzene rings is 1. The molecule has 6 nitrogen and oxygen atoms in total. The zero-order chi connectivity index (χ0) is 16.8. The lowest BCUT2D eigenvalue weighted by atomic mass is 9.96. The van der Waals surface area contributed by atoms with Crippen molar-refractivity contribution in [3.63, 3.8) is 0 Å². The topological polar surface area (TPSA) is 78.4 Å². The van der Waals surface area contributed by atoms with Gasteiger partial charge in [-0.05, 0) is 37.4 Å². The van der Waals surface area contributed by atoms with Crippen molar-refractivity contribution in [1.82, 2.24) is 19.0 Å². The average molecular weight is 346 g/mol. The number of nitrogens with zero attached hydrogens (tertiary/aromatic N) is 3. The third-order valence-corrected chi connectivity index (χ3v) is 4.95. The summed E-state index contributed by atoms with van der Waals surface area (Å²) in [4.78, 5) is 14.2. The van der Waals surface area contributed by atoms with Crippen molar-refractivity contribution in [1.29, 1.82) is 0 Å². The summed E-state index contributed by atoms with van der Waals surface area (Å²) in [5.41, 5.74) is 1.35. The van der Waals surface area contributed by atoms with Crippen LogP contribution < -0.4 is 5.32 Å². The maximum absolute atomic E-state index is 11.9. The molecular weight excluding hydrogens is 324 g/mol. The lowest BCUT2D eigenvalue weighted by Gasteiger charge is -2.33. The fourth-order valence-corrected chi connectivity index (χ4v) is 3.40. The van der Waals surface area contributed by atoms with E-state index < -0.39 is 6.10 Å². The molecule has 0 unspecified atom stereocenters. The van der Waals surface area contributed by atoms with Gasteiger partial charge in [-0.1, -0.05) is 30.3 Å². The fourth-order valence-electron chi connectivity index (χ4n) is 2.99. The molecule has 7 heteroatoms. The normalized spacial score (nSPS) is 17.5. The number of carbonyl (C=O) groups is 1. The highest BCUT2D eigenvalue weighted by molar-refractivity contribution is 6.99. The van der Waals surface area contributed by atoms with Crippen LogP contribution in [0.2, 0.25) is 0 Å². The largest absolute Gasteiger partial charge is 0.387 e. The number of carbonyl (C=O) groups excluding carboxylic acids is 1. The highest BCUT2D eigenvalue weighted by Crippen LogP contribution is 2.20. The molecule has 3 rings (SSSR count). The highest BCUT2D eigenvalue weighted by Gasteiger charge is 2.22. The molecule has 2 N–H and O–H groups in total. The summed E-state index contributed by atoms with van der Waals surface area (Å²) in [6, 6.07) is 9.77. The minimum absolute atomic E-state index is 0.148. The standard InChI is InChI=1S/C17H22N4O2S/c22-16(14-4-2-1-3-5-14)12-21-8-6-13(7-9-21)10-18-17(23)15-11-19-24-20-15/h1-5,11,13,16,22H,6-10,12H2,(H,18,23)/t16-/m0/s1. The summed E-state index contributed by atoms with van der Waals surface area (Å²) in [6.07, 6.45) is 3.10. The van der Waals surface area contributed by atoms with Gasteiger partial charge in [0, 0.05) is 13.1 Å². The molecule has 0 bridgehead atoms. The summed E-state index contributed by atoms with van der Waals surface area (Å²) in [5.74, 6) is 0.330. The first kappa shape index (κ1) is 17.0. The molecule has 0 aliphatic carbocycles. The average Bonchev–Trinajstić information content (AvgIpc) is 3.16. The number of hydrogen-bond donors (Lipinski definition) is 2. The van der Waals surface area contributed by atoms with Gasteiger partial charge < -0.3 is 15.3 Å². The van der Waals surface area contributed by atoms with Crippen LogP contribution in [0.1, 0.15) is 35.0 Å². The molecule has 0 radical (unpaired) electrons. The van der Waals surface area contributed by atoms with Gasteiger partial charge in [-0.3, -0.25) is 4.79 Å². The van der Waals surface area contributed by atoms with E-state index in [0.717, 1.165) is 43.2 Å². The Kier molecular flexibility index (Phi) is 5.90. The number of amides is 1. The van der Waals surface area contributed by atoms with E-state index in [0.29, 0.717) is 24.7 Å². The van der Waals surface area contributed by atoms with Crippen LogP contribution in [0.5, 0.6) is 0 Å². The first-order valence-electron chi connectivity index (χ1n) is 8.23. The fraction of sp³-hybridized carbons (Fsp3) is 0.471. The predicted molar refractivity (Wildman–Crippen MR) is 92.8 cm³/mol. The van der Waals surface area contributed by atoms with E-state index in [1.165, 1.54) is 6.20 Å². The molecule has 1 aliphatic rings. The minimum Gasteiger partial charge on any atom is -0.387 e. The Morgan fingerprint density at radius 3 is 2.75 bits per heavy atom. The lowest BCUT2D eigenvalue weighted by Crippen LogP contribution is -2.40. The molecular formula is C17H22N4O2S. The Hall–Kier alpha value is -1.83. The van der Waals surface area contributed by atoms with E-state index in [1.807, 2.05) is 30.3 Å². The van der Waals surface area contributed by atoms with Gasteiger partial charge in [-0.2, -0.15) is 8.75 Å². The summed E-state index contributed by atoms with van der Waals surface area (Å²) >= 11 is 1.04. The zero-order valence-corrected chi connectivity index (χ0v) is 14.3. The second-order valence-electron chi connectivity index (χ2n) is 6.17. The van der Waals surface area contributed by atoms with Crippen molar-refractivity contribution in [2.24, 2.45) is 5.92 Å². The van der Waals surface area contributed by atoms with Crippen molar-refractivity contribution in [3.8, 4) is 0 Å². The van der Waals surface area contributed by atoms with Crippen LogP contribution in [-0.4, -0.2) is 50.8 Å². The zero-order valence-electron chi connectivity index (χ0n) is 13.5. The number of likely N-dealkylation sites (tertiary alicyclic amines) is 1. The Morgan fingerprint density at radius 2 is 2.08 bits per heavy atom. The van der Waals surface area contributed by atoms with Crippen molar-refractivity contribution in [2.75, 3.05) is 26.2 Å². The van der Waals surface area contributed by atoms with Crippen LogP contribution >= 0.6 is 11.7 Å². The van der Waals surface area contributed by atoms with Crippen LogP contribution in [0.15, 0.2) is 36.5 Å². The first-order chi connectivity index (χ1) is 11.7. The quantitative estimate of drug-likeness (QED) is 0.833. The van der Waals surface area contributed by atoms with Gasteiger partial charge in [0.1, 0.15) is 0 Å². The Morgan fingerprint density at radius 1 is 1.33 bits per heavy atom. The van der Waals surface area contributed by atoms with Crippen molar-refractivity contribution >= 4 is 17.6 Å². The van der Waals surface area contributed by atoms with Gasteiger partial charge in [0.05, 0.1) is 24.0 Å². The number of aromatic nitrogens is 2. The smallest absolute Gasteiger partial charge is 0.272 e. The molecule has 0 spiro atoms. The molecule has 1 aliphatic heterocycles. The SMILES string of the molecule is O=C(NCC1CCN(C[C@H](O)c2ccccc2)CC1)c1cnsn1. The van der Waals surface area contributed by atoms with E-state index >= 15 is 0 Å². The monoisotopic (exact) mass is 346 g/mol. The van der Waals surface area contributed by atoms with Crippen molar-refractivity contribution < 1.29 is 9.90 Å². The summed E-state index contributed by atoms with van der Waals surface area (Å²) < 4.78 is 7.78. The molecule has 2 aromatic rings. The number of piperidine rings is 1. The van der Waals surface area contributed by atoms with Gasteiger partial charge in [-0.15, -0.1) is 0 Å². The van der Waals surface area contributed by atoms with Crippen LogP contribution in [-0.2, 0) is 0 Å². The molecule has 1 atom stereocenters. The van der Waals surface area contributed by atoms with Gasteiger partial charge in [0.2, 0.25) is 0 Å². The summed E-state index contributed by atoms with van der Waals surface area (Å²) in [7, 11) is 0. The molecule has 1 saturated heterocycles. The van der Waals surface area contributed by atoms with E-state index in [4.69, 9.17) is 0 Å². The van der Waals surface area contributed by atoms with Crippen LogP contribution in [0.3, 0.4) is 0 Å². The number of nitrogens with one attached hydrogen (secondary N) is 1. The summed E-state index contributed by atoms with van der Waals surface area (Å²) in [5, 5.41) is 13.2. The maximum Gasteiger partial charge on any atom is 0.272 e.